The Labute approximate surface area is 224 Å². The van der Waals surface area contributed by atoms with Gasteiger partial charge >= 0.3 is 0 Å². The van der Waals surface area contributed by atoms with Gasteiger partial charge in [-0.15, -0.1) is 0 Å². The van der Waals surface area contributed by atoms with Crippen molar-refractivity contribution in [2.45, 2.75) is 66.2 Å². The molecule has 1 amide bonds. The zero-order valence-electron chi connectivity index (χ0n) is 22.8. The number of aryl methyl sites for hydroxylation is 1. The fourth-order valence-corrected chi connectivity index (χ4v) is 5.88. The largest absolute Gasteiger partial charge is 0.483 e. The van der Waals surface area contributed by atoms with Gasteiger partial charge in [-0.2, -0.15) is 0 Å². The lowest BCUT2D eigenvalue weighted by Crippen LogP contribution is -2.37. The Balaban J connectivity index is 1.51. The minimum Gasteiger partial charge on any atom is -0.483 e. The number of nitrogens with one attached hydrogen (secondary N) is 1. The van der Waals surface area contributed by atoms with Crippen LogP contribution < -0.4 is 10.1 Å². The molecular weight excluding hydrogens is 478 g/mol. The molecule has 0 aromatic heterocycles. The second-order valence-electron chi connectivity index (χ2n) is 12.3. The maximum atomic E-state index is 13.6. The molecule has 0 atom stereocenters. The van der Waals surface area contributed by atoms with Crippen LogP contribution in [0, 0.1) is 17.8 Å². The van der Waals surface area contributed by atoms with Crippen LogP contribution in [0.1, 0.15) is 70.4 Å². The third kappa shape index (κ3) is 5.04. The summed E-state index contributed by atoms with van der Waals surface area (Å²) in [5.41, 5.74) is 3.05. The summed E-state index contributed by atoms with van der Waals surface area (Å²) in [6, 6.07) is 14.9. The summed E-state index contributed by atoms with van der Waals surface area (Å²) in [5.74, 6) is 0.937. The number of para-hydroxylation sites is 2. The van der Waals surface area contributed by atoms with Crippen LogP contribution in [0.5, 0.6) is 5.75 Å². The van der Waals surface area contributed by atoms with Crippen molar-refractivity contribution >= 4 is 23.2 Å². The Hall–Kier alpha value is -3.67. The summed E-state index contributed by atoms with van der Waals surface area (Å²) >= 11 is 0. The highest BCUT2D eigenvalue weighted by Gasteiger charge is 2.48. The average Bonchev–Trinajstić information content (AvgIpc) is 2.81. The number of Topliss-reactive ketones (excluding diaryl/α,β-unsaturated/α-hetero) is 2. The van der Waals surface area contributed by atoms with Gasteiger partial charge in [-0.05, 0) is 35.4 Å². The van der Waals surface area contributed by atoms with E-state index in [-0.39, 0.29) is 34.9 Å². The summed E-state index contributed by atoms with van der Waals surface area (Å²) in [6.07, 6.45) is 2.02. The Morgan fingerprint density at radius 2 is 1.42 bits per heavy atom. The number of carbonyl (C=O) groups excluding carboxylic acids is 3. The molecule has 6 heteroatoms. The molecule has 0 fully saturated rings. The van der Waals surface area contributed by atoms with Crippen molar-refractivity contribution in [3.8, 4) is 5.75 Å². The number of carbonyl (C=O) groups is 3. The first kappa shape index (κ1) is 26.0. The maximum absolute atomic E-state index is 13.6. The minimum absolute atomic E-state index is 0.00228. The maximum Gasteiger partial charge on any atom is 0.262 e. The van der Waals surface area contributed by atoms with E-state index < -0.39 is 5.92 Å². The number of allylic oxidation sites excluding steroid dienone is 4. The second-order valence-corrected chi connectivity index (χ2v) is 12.3. The molecule has 2 aromatic rings. The Kier molecular flexibility index (Phi) is 6.54. The highest BCUT2D eigenvalue weighted by atomic mass is 16.5. The van der Waals surface area contributed by atoms with Crippen molar-refractivity contribution in [3.05, 3.63) is 82.3 Å². The number of anilines is 1. The van der Waals surface area contributed by atoms with E-state index in [1.54, 1.807) is 6.07 Å². The molecule has 1 N–H and O–H groups in total. The molecular formula is C32H35NO5. The quantitative estimate of drug-likeness (QED) is 0.499. The zero-order valence-corrected chi connectivity index (χ0v) is 22.8. The Morgan fingerprint density at radius 3 is 2.03 bits per heavy atom. The van der Waals surface area contributed by atoms with Crippen LogP contribution in [0.25, 0.3) is 0 Å². The van der Waals surface area contributed by atoms with Crippen molar-refractivity contribution < 1.29 is 23.9 Å². The molecule has 6 nitrogen and oxygen atoms in total. The van der Waals surface area contributed by atoms with Crippen molar-refractivity contribution in [1.82, 2.24) is 0 Å². The number of ketones is 2. The molecule has 38 heavy (non-hydrogen) atoms. The Bertz CT molecular complexity index is 1340. The van der Waals surface area contributed by atoms with Crippen LogP contribution in [-0.4, -0.2) is 24.1 Å². The molecule has 5 rings (SSSR count). The van der Waals surface area contributed by atoms with Gasteiger partial charge < -0.3 is 14.8 Å². The fraction of sp³-hybridized carbons (Fsp3) is 0.406. The van der Waals surface area contributed by atoms with Crippen LogP contribution in [0.15, 0.2) is 71.2 Å². The van der Waals surface area contributed by atoms with Crippen LogP contribution >= 0.6 is 0 Å². The van der Waals surface area contributed by atoms with Crippen LogP contribution in [0.2, 0.25) is 0 Å². The van der Waals surface area contributed by atoms with Crippen LogP contribution in [0.4, 0.5) is 5.69 Å². The van der Waals surface area contributed by atoms with E-state index in [1.807, 2.05) is 49.4 Å². The molecule has 0 spiro atoms. The number of hydrogen-bond acceptors (Lipinski definition) is 5. The lowest BCUT2D eigenvalue weighted by molar-refractivity contribution is -0.121. The van der Waals surface area contributed by atoms with E-state index in [9.17, 15) is 14.4 Å². The first-order chi connectivity index (χ1) is 17.9. The standard InChI is InChI=1S/C32H35NO5/c1-19-10-6-8-12-21(19)33-27(36)18-37-24-13-9-7-11-20(24)28-29-22(34)14-31(2,3)16-25(29)38-26-17-32(4,5)15-23(35)30(26)28/h6-13,28H,14-18H2,1-5H3,(H,33,36). The summed E-state index contributed by atoms with van der Waals surface area (Å²) in [5, 5.41) is 2.89. The van der Waals surface area contributed by atoms with Gasteiger partial charge in [0, 0.05) is 48.1 Å². The first-order valence-corrected chi connectivity index (χ1v) is 13.2. The van der Waals surface area contributed by atoms with Crippen molar-refractivity contribution in [1.29, 1.82) is 0 Å². The number of rotatable bonds is 5. The van der Waals surface area contributed by atoms with Gasteiger partial charge in [-0.1, -0.05) is 64.1 Å². The minimum atomic E-state index is -0.573. The van der Waals surface area contributed by atoms with Gasteiger partial charge in [0.1, 0.15) is 17.3 Å². The predicted molar refractivity (Wildman–Crippen MR) is 146 cm³/mol. The highest BCUT2D eigenvalue weighted by Crippen LogP contribution is 2.54. The van der Waals surface area contributed by atoms with Gasteiger partial charge in [0.25, 0.3) is 5.91 Å². The molecule has 0 radical (unpaired) electrons. The van der Waals surface area contributed by atoms with Gasteiger partial charge in [-0.3, -0.25) is 14.4 Å². The SMILES string of the molecule is Cc1ccccc1NC(=O)COc1ccccc1C1C2=C(CC(C)(C)CC2=O)OC2=C1C(=O)CC(C)(C)C2. The number of amides is 1. The van der Waals surface area contributed by atoms with Gasteiger partial charge in [0.15, 0.2) is 18.2 Å². The third-order valence-corrected chi connectivity index (χ3v) is 7.59. The smallest absolute Gasteiger partial charge is 0.262 e. The molecule has 1 aliphatic heterocycles. The van der Waals surface area contributed by atoms with E-state index in [2.05, 4.69) is 33.0 Å². The van der Waals surface area contributed by atoms with E-state index >= 15 is 0 Å². The molecule has 0 bridgehead atoms. The second kappa shape index (κ2) is 9.57. The number of benzene rings is 2. The summed E-state index contributed by atoms with van der Waals surface area (Å²) in [6.45, 7) is 9.99. The third-order valence-electron chi connectivity index (χ3n) is 7.59. The molecule has 1 heterocycles. The summed E-state index contributed by atoms with van der Waals surface area (Å²) < 4.78 is 12.4. The summed E-state index contributed by atoms with van der Waals surface area (Å²) in [4.78, 5) is 39.9. The molecule has 3 aliphatic rings. The van der Waals surface area contributed by atoms with Gasteiger partial charge in [-0.25, -0.2) is 0 Å². The van der Waals surface area contributed by atoms with Crippen molar-refractivity contribution in [2.75, 3.05) is 11.9 Å². The van der Waals surface area contributed by atoms with E-state index in [0.717, 1.165) is 11.3 Å². The topological polar surface area (TPSA) is 81.7 Å². The summed E-state index contributed by atoms with van der Waals surface area (Å²) in [7, 11) is 0. The normalized spacial score (nSPS) is 20.4. The lowest BCUT2D eigenvalue weighted by Gasteiger charge is -2.43. The molecule has 0 unspecified atom stereocenters. The lowest BCUT2D eigenvalue weighted by atomic mass is 9.65. The van der Waals surface area contributed by atoms with Crippen LogP contribution in [-0.2, 0) is 19.1 Å². The number of ether oxygens (including phenoxy) is 2. The Morgan fingerprint density at radius 1 is 0.868 bits per heavy atom. The zero-order chi connectivity index (χ0) is 27.2. The van der Waals surface area contributed by atoms with E-state index in [4.69, 9.17) is 9.47 Å². The molecule has 2 aromatic carbocycles. The van der Waals surface area contributed by atoms with Gasteiger partial charge in [0.05, 0.1) is 5.92 Å². The van der Waals surface area contributed by atoms with Crippen LogP contribution in [0.3, 0.4) is 0 Å². The van der Waals surface area contributed by atoms with Crippen molar-refractivity contribution in [2.24, 2.45) is 10.8 Å². The molecule has 0 saturated heterocycles. The van der Waals surface area contributed by atoms with Gasteiger partial charge in [0.2, 0.25) is 0 Å². The number of hydrogen-bond donors (Lipinski definition) is 1. The molecule has 0 saturated carbocycles. The highest BCUT2D eigenvalue weighted by molar-refractivity contribution is 6.06. The van der Waals surface area contributed by atoms with E-state index in [0.29, 0.717) is 59.7 Å². The van der Waals surface area contributed by atoms with Crippen molar-refractivity contribution in [3.63, 3.8) is 0 Å². The molecule has 198 valence electrons. The fourth-order valence-electron chi connectivity index (χ4n) is 5.88. The monoisotopic (exact) mass is 513 g/mol. The predicted octanol–water partition coefficient (Wildman–Crippen LogP) is 6.41. The first-order valence-electron chi connectivity index (χ1n) is 13.2. The molecule has 2 aliphatic carbocycles. The van der Waals surface area contributed by atoms with E-state index in [1.165, 1.54) is 0 Å². The average molecular weight is 514 g/mol.